The van der Waals surface area contributed by atoms with Gasteiger partial charge in [0.2, 0.25) is 11.9 Å². The molecule has 4 aromatic rings. The van der Waals surface area contributed by atoms with E-state index in [1.807, 2.05) is 66.7 Å². The minimum atomic E-state index is -0.242. The summed E-state index contributed by atoms with van der Waals surface area (Å²) in [7, 11) is 1.62. The molecule has 1 aromatic heterocycles. The van der Waals surface area contributed by atoms with Crippen molar-refractivity contribution in [3.05, 3.63) is 89.4 Å². The fraction of sp³-hybridized carbons (Fsp3) is 0.148. The molecule has 3 aromatic carbocycles. The van der Waals surface area contributed by atoms with E-state index in [0.29, 0.717) is 16.4 Å². The molecule has 0 unspecified atom stereocenters. The molecule has 0 aliphatic heterocycles. The van der Waals surface area contributed by atoms with E-state index in [1.165, 1.54) is 5.56 Å². The Labute approximate surface area is 204 Å². The predicted molar refractivity (Wildman–Crippen MR) is 137 cm³/mol. The van der Waals surface area contributed by atoms with Crippen molar-refractivity contribution in [2.45, 2.75) is 13.3 Å². The molecule has 0 saturated carbocycles. The minimum Gasteiger partial charge on any atom is -0.497 e. The van der Waals surface area contributed by atoms with E-state index in [-0.39, 0.29) is 18.4 Å². The molecule has 6 nitrogen and oxygen atoms in total. The molecule has 2 N–H and O–H groups in total. The molecular formula is C27H25ClN4O2. The second-order valence-electron chi connectivity index (χ2n) is 7.65. The molecule has 1 amide bonds. The van der Waals surface area contributed by atoms with E-state index in [9.17, 15) is 4.79 Å². The number of rotatable bonds is 8. The number of amides is 1. The van der Waals surface area contributed by atoms with Crippen molar-refractivity contribution in [1.29, 1.82) is 0 Å². The molecule has 0 radical (unpaired) electrons. The van der Waals surface area contributed by atoms with Gasteiger partial charge in [-0.1, -0.05) is 42.8 Å². The normalized spacial score (nSPS) is 10.6. The van der Waals surface area contributed by atoms with Gasteiger partial charge in [0.15, 0.2) is 0 Å². The topological polar surface area (TPSA) is 76.1 Å². The summed E-state index contributed by atoms with van der Waals surface area (Å²) in [4.78, 5) is 21.8. The molecule has 4 rings (SSSR count). The van der Waals surface area contributed by atoms with Crippen LogP contribution in [0.4, 0.5) is 11.6 Å². The van der Waals surface area contributed by atoms with Crippen molar-refractivity contribution < 1.29 is 9.53 Å². The summed E-state index contributed by atoms with van der Waals surface area (Å²) in [6.45, 7) is 2.20. The molecule has 34 heavy (non-hydrogen) atoms. The fourth-order valence-corrected chi connectivity index (χ4v) is 3.52. The Kier molecular flexibility index (Phi) is 7.40. The van der Waals surface area contributed by atoms with Crippen LogP contribution < -0.4 is 15.4 Å². The lowest BCUT2D eigenvalue weighted by Gasteiger charge is -2.11. The summed E-state index contributed by atoms with van der Waals surface area (Å²) in [5.74, 6) is 0.738. The molecule has 7 heteroatoms. The first-order valence-corrected chi connectivity index (χ1v) is 11.3. The van der Waals surface area contributed by atoms with E-state index < -0.39 is 0 Å². The zero-order valence-electron chi connectivity index (χ0n) is 19.0. The lowest BCUT2D eigenvalue weighted by Crippen LogP contribution is -2.23. The Morgan fingerprint density at radius 2 is 1.47 bits per heavy atom. The monoisotopic (exact) mass is 472 g/mol. The first kappa shape index (κ1) is 23.3. The Bertz CT molecular complexity index is 1260. The molecule has 0 aliphatic carbocycles. The Morgan fingerprint density at radius 3 is 2.03 bits per heavy atom. The minimum absolute atomic E-state index is 0.0951. The van der Waals surface area contributed by atoms with Crippen LogP contribution in [0, 0.1) is 0 Å². The molecule has 0 atom stereocenters. The first-order valence-electron chi connectivity index (χ1n) is 11.0. The highest BCUT2D eigenvalue weighted by Crippen LogP contribution is 2.27. The SMILES string of the molecule is CCc1ccc(NCC(=O)Nc2nc(-c3ccc(Cl)cc3)cc(-c3ccc(OC)cc3)n2)cc1. The summed E-state index contributed by atoms with van der Waals surface area (Å²) in [5, 5.41) is 6.58. The third-order valence-corrected chi connectivity index (χ3v) is 5.57. The van der Waals surface area contributed by atoms with Gasteiger partial charge in [0.05, 0.1) is 25.0 Å². The quantitative estimate of drug-likeness (QED) is 0.324. The van der Waals surface area contributed by atoms with Crippen LogP contribution in [0.25, 0.3) is 22.5 Å². The summed E-state index contributed by atoms with van der Waals surface area (Å²) < 4.78 is 5.25. The van der Waals surface area contributed by atoms with Crippen molar-refractivity contribution >= 4 is 29.1 Å². The van der Waals surface area contributed by atoms with Crippen molar-refractivity contribution in [2.75, 3.05) is 24.3 Å². The third kappa shape index (κ3) is 5.91. The number of ether oxygens (including phenoxy) is 1. The van der Waals surface area contributed by atoms with E-state index in [4.69, 9.17) is 16.3 Å². The molecule has 0 saturated heterocycles. The standard InChI is InChI=1S/C27H25ClN4O2/c1-3-18-4-12-22(13-5-18)29-17-26(33)32-27-30-24(19-6-10-21(28)11-7-19)16-25(31-27)20-8-14-23(34-2)15-9-20/h4-16,29H,3,17H2,1-2H3,(H,30,31,32,33). The lowest BCUT2D eigenvalue weighted by atomic mass is 10.1. The van der Waals surface area contributed by atoms with Gasteiger partial charge < -0.3 is 10.1 Å². The Hall–Kier alpha value is -3.90. The summed E-state index contributed by atoms with van der Waals surface area (Å²) >= 11 is 6.05. The van der Waals surface area contributed by atoms with Crippen LogP contribution in [0.15, 0.2) is 78.9 Å². The van der Waals surface area contributed by atoms with Gasteiger partial charge in [0, 0.05) is 21.8 Å². The average molecular weight is 473 g/mol. The van der Waals surface area contributed by atoms with Crippen LogP contribution in [0.1, 0.15) is 12.5 Å². The van der Waals surface area contributed by atoms with Crippen LogP contribution in [-0.2, 0) is 11.2 Å². The number of carbonyl (C=O) groups is 1. The van der Waals surface area contributed by atoms with Crippen LogP contribution in [-0.4, -0.2) is 29.5 Å². The first-order chi connectivity index (χ1) is 16.5. The molecule has 0 aliphatic rings. The van der Waals surface area contributed by atoms with Crippen molar-refractivity contribution in [2.24, 2.45) is 0 Å². The number of nitrogens with zero attached hydrogens (tertiary/aromatic N) is 2. The highest BCUT2D eigenvalue weighted by molar-refractivity contribution is 6.30. The van der Waals surface area contributed by atoms with Crippen molar-refractivity contribution in [1.82, 2.24) is 9.97 Å². The zero-order chi connectivity index (χ0) is 23.9. The van der Waals surface area contributed by atoms with Gasteiger partial charge in [-0.05, 0) is 66.6 Å². The number of aryl methyl sites for hydroxylation is 1. The number of carbonyl (C=O) groups excluding carboxylic acids is 1. The van der Waals surface area contributed by atoms with Gasteiger partial charge in [0.1, 0.15) is 5.75 Å². The van der Waals surface area contributed by atoms with Gasteiger partial charge >= 0.3 is 0 Å². The number of hydrogen-bond donors (Lipinski definition) is 2. The second-order valence-corrected chi connectivity index (χ2v) is 8.09. The summed E-state index contributed by atoms with van der Waals surface area (Å²) in [5.41, 5.74) is 5.22. The highest BCUT2D eigenvalue weighted by Gasteiger charge is 2.12. The smallest absolute Gasteiger partial charge is 0.246 e. The van der Waals surface area contributed by atoms with E-state index in [0.717, 1.165) is 29.0 Å². The van der Waals surface area contributed by atoms with Gasteiger partial charge in [0.25, 0.3) is 0 Å². The number of nitrogens with one attached hydrogen (secondary N) is 2. The van der Waals surface area contributed by atoms with Crippen LogP contribution >= 0.6 is 11.6 Å². The summed E-state index contributed by atoms with van der Waals surface area (Å²) in [6.07, 6.45) is 0.971. The molecule has 172 valence electrons. The molecule has 0 fully saturated rings. The third-order valence-electron chi connectivity index (χ3n) is 5.32. The maximum absolute atomic E-state index is 12.6. The number of benzene rings is 3. The van der Waals surface area contributed by atoms with Crippen LogP contribution in [0.3, 0.4) is 0 Å². The second kappa shape index (κ2) is 10.8. The number of anilines is 2. The lowest BCUT2D eigenvalue weighted by molar-refractivity contribution is -0.114. The van der Waals surface area contributed by atoms with Crippen LogP contribution in [0.2, 0.25) is 5.02 Å². The average Bonchev–Trinajstić information content (AvgIpc) is 2.88. The van der Waals surface area contributed by atoms with Gasteiger partial charge in [-0.15, -0.1) is 0 Å². The maximum atomic E-state index is 12.6. The highest BCUT2D eigenvalue weighted by atomic mass is 35.5. The number of methoxy groups -OCH3 is 1. The Morgan fingerprint density at radius 1 is 0.882 bits per heavy atom. The number of aromatic nitrogens is 2. The number of hydrogen-bond acceptors (Lipinski definition) is 5. The van der Waals surface area contributed by atoms with Gasteiger partial charge in [-0.2, -0.15) is 0 Å². The zero-order valence-corrected chi connectivity index (χ0v) is 19.8. The van der Waals surface area contributed by atoms with Gasteiger partial charge in [-0.3, -0.25) is 10.1 Å². The fourth-order valence-electron chi connectivity index (χ4n) is 3.39. The van der Waals surface area contributed by atoms with E-state index >= 15 is 0 Å². The Balaban J connectivity index is 1.57. The van der Waals surface area contributed by atoms with E-state index in [2.05, 4.69) is 27.5 Å². The number of halogens is 1. The summed E-state index contributed by atoms with van der Waals surface area (Å²) in [6, 6.07) is 24.8. The molecule has 0 spiro atoms. The molecular weight excluding hydrogens is 448 g/mol. The molecule has 0 bridgehead atoms. The van der Waals surface area contributed by atoms with Crippen LogP contribution in [0.5, 0.6) is 5.75 Å². The van der Waals surface area contributed by atoms with Gasteiger partial charge in [-0.25, -0.2) is 9.97 Å². The predicted octanol–water partition coefficient (Wildman–Crippen LogP) is 6.09. The van der Waals surface area contributed by atoms with Crippen molar-refractivity contribution in [3.63, 3.8) is 0 Å². The van der Waals surface area contributed by atoms with Crippen molar-refractivity contribution in [3.8, 4) is 28.3 Å². The van der Waals surface area contributed by atoms with E-state index in [1.54, 1.807) is 19.2 Å². The largest absolute Gasteiger partial charge is 0.497 e. The molecule has 1 heterocycles. The maximum Gasteiger partial charge on any atom is 0.246 e.